The Balaban J connectivity index is 2.20. The van der Waals surface area contributed by atoms with E-state index in [1.807, 2.05) is 19.3 Å². The zero-order valence-electron chi connectivity index (χ0n) is 12.1. The number of halogens is 1. The number of nitriles is 1. The Bertz CT molecular complexity index is 689. The van der Waals surface area contributed by atoms with Gasteiger partial charge in [-0.15, -0.1) is 0 Å². The van der Waals surface area contributed by atoms with Crippen LogP contribution in [0.15, 0.2) is 24.4 Å². The maximum Gasteiger partial charge on any atom is 0.143 e. The van der Waals surface area contributed by atoms with E-state index in [1.165, 1.54) is 0 Å². The van der Waals surface area contributed by atoms with Crippen LogP contribution >= 0.6 is 11.6 Å². The highest BCUT2D eigenvalue weighted by Gasteiger charge is 2.10. The van der Waals surface area contributed by atoms with Gasteiger partial charge in [0.25, 0.3) is 0 Å². The normalized spacial score (nSPS) is 10.0. The molecule has 21 heavy (non-hydrogen) atoms. The minimum atomic E-state index is 0.492. The molecule has 110 valence electrons. The largest absolute Gasteiger partial charge is 0.495 e. The highest BCUT2D eigenvalue weighted by molar-refractivity contribution is 6.32. The van der Waals surface area contributed by atoms with Gasteiger partial charge < -0.3 is 19.4 Å². The Morgan fingerprint density at radius 2 is 1.95 bits per heavy atom. The molecule has 0 aliphatic heterocycles. The Morgan fingerprint density at radius 1 is 1.24 bits per heavy atom. The minimum absolute atomic E-state index is 0.492. The van der Waals surface area contributed by atoms with E-state index in [1.54, 1.807) is 30.9 Å². The molecule has 0 bridgehead atoms. The van der Waals surface area contributed by atoms with Gasteiger partial charge in [0.1, 0.15) is 23.3 Å². The van der Waals surface area contributed by atoms with Crippen molar-refractivity contribution in [3.05, 3.63) is 40.7 Å². The van der Waals surface area contributed by atoms with E-state index in [4.69, 9.17) is 26.3 Å². The van der Waals surface area contributed by atoms with Crippen LogP contribution in [0, 0.1) is 11.3 Å². The summed E-state index contributed by atoms with van der Waals surface area (Å²) in [6.07, 6.45) is 1.91. The molecular formula is C15H16ClN3O2. The van der Waals surface area contributed by atoms with E-state index in [0.717, 1.165) is 11.3 Å². The van der Waals surface area contributed by atoms with E-state index in [0.29, 0.717) is 28.8 Å². The number of methoxy groups -OCH3 is 2. The van der Waals surface area contributed by atoms with Gasteiger partial charge in [0.05, 0.1) is 24.9 Å². The summed E-state index contributed by atoms with van der Waals surface area (Å²) in [4.78, 5) is 0. The molecule has 0 aliphatic carbocycles. The van der Waals surface area contributed by atoms with Gasteiger partial charge in [0.15, 0.2) is 0 Å². The van der Waals surface area contributed by atoms with E-state index in [9.17, 15) is 0 Å². The molecule has 0 aliphatic rings. The Kier molecular flexibility index (Phi) is 4.61. The third-order valence-electron chi connectivity index (χ3n) is 3.13. The number of anilines is 1. The lowest BCUT2D eigenvalue weighted by Crippen LogP contribution is -2.01. The van der Waals surface area contributed by atoms with Crippen LogP contribution in [0.1, 0.15) is 11.3 Å². The number of aromatic nitrogens is 1. The average molecular weight is 306 g/mol. The zero-order chi connectivity index (χ0) is 15.4. The summed E-state index contributed by atoms with van der Waals surface area (Å²) in [5, 5.41) is 12.7. The highest BCUT2D eigenvalue weighted by Crippen LogP contribution is 2.36. The standard InChI is InChI=1S/C15H16ClN3O2/c1-19-9-10(4-11(19)7-17)8-18-13-6-14(20-2)12(16)5-15(13)21-3/h4-6,9,18H,8H2,1-3H3. The first-order valence-electron chi connectivity index (χ1n) is 6.29. The number of ether oxygens (including phenoxy) is 2. The number of nitrogens with one attached hydrogen (secondary N) is 1. The summed E-state index contributed by atoms with van der Waals surface area (Å²) < 4.78 is 12.3. The Labute approximate surface area is 128 Å². The van der Waals surface area contributed by atoms with E-state index in [2.05, 4.69) is 11.4 Å². The van der Waals surface area contributed by atoms with Gasteiger partial charge >= 0.3 is 0 Å². The van der Waals surface area contributed by atoms with E-state index in [-0.39, 0.29) is 0 Å². The third kappa shape index (κ3) is 3.23. The number of hydrogen-bond donors (Lipinski definition) is 1. The van der Waals surface area contributed by atoms with E-state index >= 15 is 0 Å². The van der Waals surface area contributed by atoms with Crippen LogP contribution in [0.3, 0.4) is 0 Å². The lowest BCUT2D eigenvalue weighted by atomic mass is 10.2. The van der Waals surface area contributed by atoms with Gasteiger partial charge in [-0.1, -0.05) is 11.6 Å². The number of rotatable bonds is 5. The van der Waals surface area contributed by atoms with Crippen molar-refractivity contribution in [2.24, 2.45) is 7.05 Å². The van der Waals surface area contributed by atoms with Gasteiger partial charge in [-0.25, -0.2) is 0 Å². The summed E-state index contributed by atoms with van der Waals surface area (Å²) in [5.74, 6) is 1.21. The topological polar surface area (TPSA) is 59.2 Å². The second kappa shape index (κ2) is 6.42. The van der Waals surface area contributed by atoms with Crippen LogP contribution in [-0.4, -0.2) is 18.8 Å². The van der Waals surface area contributed by atoms with Crippen molar-refractivity contribution in [2.45, 2.75) is 6.54 Å². The van der Waals surface area contributed by atoms with Gasteiger partial charge in [-0.3, -0.25) is 0 Å². The second-order valence-electron chi connectivity index (χ2n) is 4.50. The fraction of sp³-hybridized carbons (Fsp3) is 0.267. The van der Waals surface area contributed by atoms with Crippen molar-refractivity contribution < 1.29 is 9.47 Å². The Morgan fingerprint density at radius 3 is 2.52 bits per heavy atom. The van der Waals surface area contributed by atoms with Crippen LogP contribution < -0.4 is 14.8 Å². The first-order chi connectivity index (χ1) is 10.1. The molecular weight excluding hydrogens is 290 g/mol. The zero-order valence-corrected chi connectivity index (χ0v) is 12.9. The summed E-state index contributed by atoms with van der Waals surface area (Å²) >= 11 is 6.07. The highest BCUT2D eigenvalue weighted by atomic mass is 35.5. The number of aryl methyl sites for hydroxylation is 1. The van der Waals surface area contributed by atoms with E-state index < -0.39 is 0 Å². The quantitative estimate of drug-likeness (QED) is 0.921. The van der Waals surface area contributed by atoms with Crippen molar-refractivity contribution in [1.82, 2.24) is 4.57 Å². The van der Waals surface area contributed by atoms with Gasteiger partial charge in [0.2, 0.25) is 0 Å². The maximum absolute atomic E-state index is 8.96. The summed E-state index contributed by atoms with van der Waals surface area (Å²) in [7, 11) is 4.99. The molecule has 0 amide bonds. The molecule has 1 N–H and O–H groups in total. The van der Waals surface area contributed by atoms with Crippen molar-refractivity contribution in [2.75, 3.05) is 19.5 Å². The molecule has 0 unspecified atom stereocenters. The molecule has 0 fully saturated rings. The predicted octanol–water partition coefficient (Wildman–Crippen LogP) is 3.18. The van der Waals surface area contributed by atoms with Crippen LogP contribution in [0.4, 0.5) is 5.69 Å². The van der Waals surface area contributed by atoms with Crippen molar-refractivity contribution >= 4 is 17.3 Å². The molecule has 2 rings (SSSR count). The molecule has 6 heteroatoms. The lowest BCUT2D eigenvalue weighted by molar-refractivity contribution is 0.404. The average Bonchev–Trinajstić information content (AvgIpc) is 2.85. The monoisotopic (exact) mass is 305 g/mol. The fourth-order valence-corrected chi connectivity index (χ4v) is 2.27. The third-order valence-corrected chi connectivity index (χ3v) is 3.43. The SMILES string of the molecule is COc1cc(NCc2cc(C#N)n(C)c2)c(OC)cc1Cl. The molecule has 0 radical (unpaired) electrons. The Hall–Kier alpha value is -2.32. The van der Waals surface area contributed by atoms with Gasteiger partial charge in [-0.05, 0) is 11.6 Å². The molecule has 0 spiro atoms. The molecule has 2 aromatic rings. The molecule has 0 atom stereocenters. The first-order valence-corrected chi connectivity index (χ1v) is 6.67. The van der Waals surface area contributed by atoms with Crippen LogP contribution in [0.2, 0.25) is 5.02 Å². The minimum Gasteiger partial charge on any atom is -0.495 e. The predicted molar refractivity (Wildman–Crippen MR) is 82.0 cm³/mol. The summed E-state index contributed by atoms with van der Waals surface area (Å²) in [6, 6.07) is 7.46. The molecule has 1 heterocycles. The molecule has 1 aromatic carbocycles. The van der Waals surface area contributed by atoms with Gasteiger partial charge in [-0.2, -0.15) is 5.26 Å². The lowest BCUT2D eigenvalue weighted by Gasteiger charge is -2.13. The van der Waals surface area contributed by atoms with Crippen LogP contribution in [0.5, 0.6) is 11.5 Å². The fourth-order valence-electron chi connectivity index (χ4n) is 2.04. The molecule has 5 nitrogen and oxygen atoms in total. The summed E-state index contributed by atoms with van der Waals surface area (Å²) in [6.45, 7) is 0.566. The van der Waals surface area contributed by atoms with Crippen molar-refractivity contribution in [3.8, 4) is 17.6 Å². The van der Waals surface area contributed by atoms with Gasteiger partial charge in [0, 0.05) is 31.9 Å². The molecule has 1 aromatic heterocycles. The number of hydrogen-bond acceptors (Lipinski definition) is 4. The number of benzene rings is 1. The molecule has 0 saturated heterocycles. The number of nitrogens with zero attached hydrogens (tertiary/aromatic N) is 2. The van der Waals surface area contributed by atoms with Crippen LogP contribution in [-0.2, 0) is 13.6 Å². The van der Waals surface area contributed by atoms with Crippen LogP contribution in [0.25, 0.3) is 0 Å². The maximum atomic E-state index is 8.96. The first kappa shape index (κ1) is 15.1. The van der Waals surface area contributed by atoms with Crippen molar-refractivity contribution in [3.63, 3.8) is 0 Å². The second-order valence-corrected chi connectivity index (χ2v) is 4.90. The summed E-state index contributed by atoms with van der Waals surface area (Å²) in [5.41, 5.74) is 2.40. The van der Waals surface area contributed by atoms with Crippen molar-refractivity contribution in [1.29, 1.82) is 5.26 Å². The smallest absolute Gasteiger partial charge is 0.143 e. The molecule has 0 saturated carbocycles.